The van der Waals surface area contributed by atoms with Gasteiger partial charge in [-0.15, -0.1) is 0 Å². The van der Waals surface area contributed by atoms with Gasteiger partial charge in [-0.3, -0.25) is 9.89 Å². The Morgan fingerprint density at radius 3 is 2.83 bits per heavy atom. The third-order valence-corrected chi connectivity index (χ3v) is 3.09. The number of H-pyrrole nitrogens is 1. The minimum absolute atomic E-state index is 0.217. The number of hydrogen-bond donors (Lipinski definition) is 2. The lowest BCUT2D eigenvalue weighted by Crippen LogP contribution is -2.12. The summed E-state index contributed by atoms with van der Waals surface area (Å²) in [7, 11) is 0. The number of carbonyl (C=O) groups is 1. The maximum atomic E-state index is 12.0. The van der Waals surface area contributed by atoms with Gasteiger partial charge in [-0.05, 0) is 31.0 Å². The van der Waals surface area contributed by atoms with Gasteiger partial charge in [0, 0.05) is 22.3 Å². The Labute approximate surface area is 110 Å². The fourth-order valence-corrected chi connectivity index (χ4v) is 1.71. The van der Waals surface area contributed by atoms with Gasteiger partial charge in [-0.1, -0.05) is 24.6 Å². The van der Waals surface area contributed by atoms with E-state index in [9.17, 15) is 4.79 Å². The summed E-state index contributed by atoms with van der Waals surface area (Å²) >= 11 is 5.99. The Hall–Kier alpha value is -1.81. The predicted molar refractivity (Wildman–Crippen MR) is 72.1 cm³/mol. The standard InChI is InChI=1S/C13H14ClN3O/c1-3-10-7-12(17-16-10)15-13(18)9-5-4-8(2)11(14)6-9/h4-7H,3H2,1-2H3,(H2,15,16,17,18). The number of aryl methyl sites for hydroxylation is 2. The van der Waals surface area contributed by atoms with Crippen molar-refractivity contribution in [2.75, 3.05) is 5.32 Å². The molecule has 18 heavy (non-hydrogen) atoms. The van der Waals surface area contributed by atoms with E-state index in [1.165, 1.54) is 0 Å². The normalized spacial score (nSPS) is 10.4. The van der Waals surface area contributed by atoms with E-state index in [0.29, 0.717) is 16.4 Å². The molecule has 0 fully saturated rings. The van der Waals surface area contributed by atoms with Crippen LogP contribution in [0.5, 0.6) is 0 Å². The average molecular weight is 264 g/mol. The monoisotopic (exact) mass is 263 g/mol. The first kappa shape index (κ1) is 12.6. The lowest BCUT2D eigenvalue weighted by Gasteiger charge is -2.03. The Balaban J connectivity index is 2.14. The van der Waals surface area contributed by atoms with Gasteiger partial charge < -0.3 is 5.32 Å². The topological polar surface area (TPSA) is 57.8 Å². The number of aromatic amines is 1. The number of carbonyl (C=O) groups excluding carboxylic acids is 1. The Bertz CT molecular complexity index is 577. The second kappa shape index (κ2) is 5.23. The molecule has 0 saturated heterocycles. The summed E-state index contributed by atoms with van der Waals surface area (Å²) in [5.74, 6) is 0.305. The van der Waals surface area contributed by atoms with E-state index >= 15 is 0 Å². The Morgan fingerprint density at radius 2 is 2.22 bits per heavy atom. The molecule has 94 valence electrons. The van der Waals surface area contributed by atoms with Gasteiger partial charge in [0.25, 0.3) is 5.91 Å². The summed E-state index contributed by atoms with van der Waals surface area (Å²) in [6, 6.07) is 7.02. The lowest BCUT2D eigenvalue weighted by atomic mass is 10.1. The summed E-state index contributed by atoms with van der Waals surface area (Å²) in [4.78, 5) is 12.0. The molecule has 0 aliphatic rings. The van der Waals surface area contributed by atoms with Crippen LogP contribution in [0.4, 0.5) is 5.82 Å². The molecule has 2 rings (SSSR count). The van der Waals surface area contributed by atoms with Crippen LogP contribution in [-0.4, -0.2) is 16.1 Å². The van der Waals surface area contributed by atoms with Crippen LogP contribution in [0.15, 0.2) is 24.3 Å². The summed E-state index contributed by atoms with van der Waals surface area (Å²) in [5, 5.41) is 10.1. The van der Waals surface area contributed by atoms with Gasteiger partial charge in [0.05, 0.1) is 0 Å². The van der Waals surface area contributed by atoms with Gasteiger partial charge in [0.1, 0.15) is 0 Å². The molecule has 0 aliphatic heterocycles. The van der Waals surface area contributed by atoms with Gasteiger partial charge in [0.2, 0.25) is 0 Å². The smallest absolute Gasteiger partial charge is 0.256 e. The van der Waals surface area contributed by atoms with Crippen LogP contribution >= 0.6 is 11.6 Å². The zero-order valence-electron chi connectivity index (χ0n) is 10.2. The minimum Gasteiger partial charge on any atom is -0.305 e. The molecule has 0 radical (unpaired) electrons. The van der Waals surface area contributed by atoms with Crippen LogP contribution in [0.1, 0.15) is 28.5 Å². The molecular formula is C13H14ClN3O. The van der Waals surface area contributed by atoms with Gasteiger partial charge in [0.15, 0.2) is 5.82 Å². The first-order chi connectivity index (χ1) is 8.60. The fourth-order valence-electron chi connectivity index (χ4n) is 1.53. The van der Waals surface area contributed by atoms with Gasteiger partial charge in [-0.25, -0.2) is 0 Å². The van der Waals surface area contributed by atoms with E-state index in [-0.39, 0.29) is 5.91 Å². The molecule has 0 unspecified atom stereocenters. The van der Waals surface area contributed by atoms with Crippen molar-refractivity contribution >= 4 is 23.3 Å². The first-order valence-corrected chi connectivity index (χ1v) is 6.09. The fraction of sp³-hybridized carbons (Fsp3) is 0.231. The molecule has 2 N–H and O–H groups in total. The number of nitrogens with one attached hydrogen (secondary N) is 2. The van der Waals surface area contributed by atoms with Crippen molar-refractivity contribution in [3.8, 4) is 0 Å². The van der Waals surface area contributed by atoms with Crippen LogP contribution in [0.25, 0.3) is 0 Å². The lowest BCUT2D eigenvalue weighted by molar-refractivity contribution is 0.102. The number of rotatable bonds is 3. The largest absolute Gasteiger partial charge is 0.305 e. The zero-order valence-corrected chi connectivity index (χ0v) is 11.0. The Kier molecular flexibility index (Phi) is 3.67. The quantitative estimate of drug-likeness (QED) is 0.894. The molecule has 0 bridgehead atoms. The molecule has 5 heteroatoms. The molecule has 0 saturated carbocycles. The molecule has 0 aliphatic carbocycles. The molecule has 1 aromatic carbocycles. The summed E-state index contributed by atoms with van der Waals surface area (Å²) in [5.41, 5.74) is 2.44. The second-order valence-electron chi connectivity index (χ2n) is 4.05. The molecule has 1 amide bonds. The molecular weight excluding hydrogens is 250 g/mol. The molecule has 2 aromatic rings. The van der Waals surface area contributed by atoms with Gasteiger partial charge in [-0.2, -0.15) is 5.10 Å². The molecule has 0 spiro atoms. The van der Waals surface area contributed by atoms with Crippen LogP contribution in [0, 0.1) is 6.92 Å². The highest BCUT2D eigenvalue weighted by Crippen LogP contribution is 2.17. The third-order valence-electron chi connectivity index (χ3n) is 2.69. The Morgan fingerprint density at radius 1 is 1.44 bits per heavy atom. The van der Waals surface area contributed by atoms with E-state index in [2.05, 4.69) is 15.5 Å². The zero-order chi connectivity index (χ0) is 13.1. The molecule has 1 heterocycles. The second-order valence-corrected chi connectivity index (χ2v) is 4.46. The number of benzene rings is 1. The number of halogens is 1. The highest BCUT2D eigenvalue weighted by atomic mass is 35.5. The van der Waals surface area contributed by atoms with Crippen molar-refractivity contribution in [1.29, 1.82) is 0 Å². The van der Waals surface area contributed by atoms with Crippen molar-refractivity contribution in [2.24, 2.45) is 0 Å². The molecule has 4 nitrogen and oxygen atoms in total. The van der Waals surface area contributed by atoms with Crippen molar-refractivity contribution < 1.29 is 4.79 Å². The van der Waals surface area contributed by atoms with E-state index in [0.717, 1.165) is 17.7 Å². The maximum absolute atomic E-state index is 12.0. The summed E-state index contributed by atoms with van der Waals surface area (Å²) in [6.07, 6.45) is 0.846. The predicted octanol–water partition coefficient (Wildman–Crippen LogP) is 3.19. The number of amides is 1. The maximum Gasteiger partial charge on any atom is 0.256 e. The van der Waals surface area contributed by atoms with E-state index in [1.807, 2.05) is 26.0 Å². The van der Waals surface area contributed by atoms with E-state index in [1.54, 1.807) is 12.1 Å². The van der Waals surface area contributed by atoms with Crippen LogP contribution in [-0.2, 0) is 6.42 Å². The van der Waals surface area contributed by atoms with Crippen molar-refractivity contribution in [3.05, 3.63) is 46.1 Å². The van der Waals surface area contributed by atoms with Crippen molar-refractivity contribution in [1.82, 2.24) is 10.2 Å². The average Bonchev–Trinajstić information content (AvgIpc) is 2.80. The molecule has 0 atom stereocenters. The minimum atomic E-state index is -0.217. The first-order valence-electron chi connectivity index (χ1n) is 5.72. The summed E-state index contributed by atoms with van der Waals surface area (Å²) < 4.78 is 0. The highest BCUT2D eigenvalue weighted by Gasteiger charge is 2.09. The highest BCUT2D eigenvalue weighted by molar-refractivity contribution is 6.31. The number of nitrogens with zero attached hydrogens (tertiary/aromatic N) is 1. The SMILES string of the molecule is CCc1cc(NC(=O)c2ccc(C)c(Cl)c2)n[nH]1. The number of hydrogen-bond acceptors (Lipinski definition) is 2. The van der Waals surface area contributed by atoms with Crippen molar-refractivity contribution in [3.63, 3.8) is 0 Å². The summed E-state index contributed by atoms with van der Waals surface area (Å²) in [6.45, 7) is 3.91. The number of anilines is 1. The van der Waals surface area contributed by atoms with Crippen LogP contribution in [0.2, 0.25) is 5.02 Å². The number of aromatic nitrogens is 2. The van der Waals surface area contributed by atoms with E-state index < -0.39 is 0 Å². The molecule has 1 aromatic heterocycles. The van der Waals surface area contributed by atoms with Crippen molar-refractivity contribution in [2.45, 2.75) is 20.3 Å². The van der Waals surface area contributed by atoms with Crippen LogP contribution < -0.4 is 5.32 Å². The third kappa shape index (κ3) is 2.71. The van der Waals surface area contributed by atoms with Gasteiger partial charge >= 0.3 is 0 Å². The van der Waals surface area contributed by atoms with E-state index in [4.69, 9.17) is 11.6 Å². The van der Waals surface area contributed by atoms with Crippen LogP contribution in [0.3, 0.4) is 0 Å².